The molecule has 1 aromatic carbocycles. The number of carbonyl (C=O) groups excluding carboxylic acids is 1. The predicted octanol–water partition coefficient (Wildman–Crippen LogP) is 2.62. The van der Waals surface area contributed by atoms with Crippen molar-refractivity contribution in [2.24, 2.45) is 5.92 Å². The highest BCUT2D eigenvalue weighted by Crippen LogP contribution is 2.17. The van der Waals surface area contributed by atoms with Gasteiger partial charge in [-0.3, -0.25) is 4.79 Å². The number of rotatable bonds is 4. The van der Waals surface area contributed by atoms with Crippen molar-refractivity contribution in [3.8, 4) is 5.75 Å². The summed E-state index contributed by atoms with van der Waals surface area (Å²) in [5.41, 5.74) is 0.914. The first-order chi connectivity index (χ1) is 7.49. The first kappa shape index (κ1) is 12.6. The first-order valence-corrected chi connectivity index (χ1v) is 5.57. The summed E-state index contributed by atoms with van der Waals surface area (Å²) in [6.45, 7) is 5.93. The standard InChI is InChI=1S/C13H19NO2/c1-9(2)7-13(16)14-10(3)11-5-4-6-12(15)8-11/h4-6,8-10,15H,7H2,1-3H3,(H,14,16). The summed E-state index contributed by atoms with van der Waals surface area (Å²) in [5, 5.41) is 12.2. The molecule has 2 N–H and O–H groups in total. The van der Waals surface area contributed by atoms with Crippen LogP contribution in [0, 0.1) is 5.92 Å². The van der Waals surface area contributed by atoms with Crippen LogP contribution in [0.4, 0.5) is 0 Å². The number of phenolic OH excluding ortho intramolecular Hbond substituents is 1. The van der Waals surface area contributed by atoms with Gasteiger partial charge in [-0.1, -0.05) is 26.0 Å². The number of benzene rings is 1. The fraction of sp³-hybridized carbons (Fsp3) is 0.462. The number of hydrogen-bond acceptors (Lipinski definition) is 2. The molecule has 1 aromatic rings. The van der Waals surface area contributed by atoms with E-state index in [2.05, 4.69) is 5.32 Å². The molecule has 0 aliphatic carbocycles. The molecule has 0 saturated heterocycles. The van der Waals surface area contributed by atoms with Crippen LogP contribution < -0.4 is 5.32 Å². The van der Waals surface area contributed by atoms with Crippen LogP contribution in [0.25, 0.3) is 0 Å². The minimum absolute atomic E-state index is 0.0471. The fourth-order valence-corrected chi connectivity index (χ4v) is 1.55. The number of amides is 1. The summed E-state index contributed by atoms with van der Waals surface area (Å²) in [4.78, 5) is 11.5. The first-order valence-electron chi connectivity index (χ1n) is 5.57. The number of phenols is 1. The highest BCUT2D eigenvalue weighted by molar-refractivity contribution is 5.76. The van der Waals surface area contributed by atoms with Crippen molar-refractivity contribution >= 4 is 5.91 Å². The molecule has 0 fully saturated rings. The monoisotopic (exact) mass is 221 g/mol. The van der Waals surface area contributed by atoms with E-state index in [1.165, 1.54) is 0 Å². The maximum Gasteiger partial charge on any atom is 0.220 e. The highest BCUT2D eigenvalue weighted by atomic mass is 16.3. The van der Waals surface area contributed by atoms with E-state index in [4.69, 9.17) is 0 Å². The Morgan fingerprint density at radius 1 is 1.38 bits per heavy atom. The smallest absolute Gasteiger partial charge is 0.220 e. The number of nitrogens with one attached hydrogen (secondary N) is 1. The Labute approximate surface area is 96.5 Å². The third kappa shape index (κ3) is 3.93. The summed E-state index contributed by atoms with van der Waals surface area (Å²) >= 11 is 0. The maximum absolute atomic E-state index is 11.5. The lowest BCUT2D eigenvalue weighted by molar-refractivity contribution is -0.122. The molecule has 0 spiro atoms. The molecule has 1 atom stereocenters. The van der Waals surface area contributed by atoms with Gasteiger partial charge in [0.05, 0.1) is 6.04 Å². The molecule has 0 heterocycles. The van der Waals surface area contributed by atoms with Crippen molar-refractivity contribution in [3.05, 3.63) is 29.8 Å². The SMILES string of the molecule is CC(C)CC(=O)NC(C)c1cccc(O)c1. The molecule has 1 amide bonds. The number of hydrogen-bond donors (Lipinski definition) is 2. The van der Waals surface area contributed by atoms with Crippen LogP contribution in [0.2, 0.25) is 0 Å². The molecular weight excluding hydrogens is 202 g/mol. The van der Waals surface area contributed by atoms with E-state index in [0.717, 1.165) is 5.56 Å². The molecule has 0 aliphatic heterocycles. The Bertz CT molecular complexity index is 361. The van der Waals surface area contributed by atoms with Crippen molar-refractivity contribution in [3.63, 3.8) is 0 Å². The fourth-order valence-electron chi connectivity index (χ4n) is 1.55. The predicted molar refractivity (Wildman–Crippen MR) is 64.1 cm³/mol. The molecule has 0 radical (unpaired) electrons. The van der Waals surface area contributed by atoms with Crippen molar-refractivity contribution < 1.29 is 9.90 Å². The molecule has 0 aliphatic rings. The van der Waals surface area contributed by atoms with Gasteiger partial charge in [0.1, 0.15) is 5.75 Å². The summed E-state index contributed by atoms with van der Waals surface area (Å²) in [5.74, 6) is 0.629. The largest absolute Gasteiger partial charge is 0.508 e. The van der Waals surface area contributed by atoms with Crippen molar-refractivity contribution in [1.82, 2.24) is 5.32 Å². The molecule has 3 nitrogen and oxygen atoms in total. The zero-order valence-electron chi connectivity index (χ0n) is 10.0. The van der Waals surface area contributed by atoms with Crippen LogP contribution in [0.15, 0.2) is 24.3 Å². The lowest BCUT2D eigenvalue weighted by Gasteiger charge is -2.15. The topological polar surface area (TPSA) is 49.3 Å². The average molecular weight is 221 g/mol. The molecule has 1 rings (SSSR count). The maximum atomic E-state index is 11.5. The Morgan fingerprint density at radius 3 is 2.62 bits per heavy atom. The number of aromatic hydroxyl groups is 1. The summed E-state index contributed by atoms with van der Waals surface area (Å²) in [6.07, 6.45) is 0.531. The molecule has 0 bridgehead atoms. The normalized spacial score (nSPS) is 12.5. The third-order valence-electron chi connectivity index (χ3n) is 2.34. The van der Waals surface area contributed by atoms with Gasteiger partial charge in [-0.15, -0.1) is 0 Å². The molecular formula is C13H19NO2. The van der Waals surface area contributed by atoms with Gasteiger partial charge >= 0.3 is 0 Å². The van der Waals surface area contributed by atoms with Gasteiger partial charge in [0.25, 0.3) is 0 Å². The highest BCUT2D eigenvalue weighted by Gasteiger charge is 2.10. The molecule has 0 aromatic heterocycles. The van der Waals surface area contributed by atoms with Crippen molar-refractivity contribution in [2.45, 2.75) is 33.2 Å². The summed E-state index contributed by atoms with van der Waals surface area (Å²) in [7, 11) is 0. The van der Waals surface area contributed by atoms with Crippen molar-refractivity contribution in [1.29, 1.82) is 0 Å². The summed E-state index contributed by atoms with van der Waals surface area (Å²) < 4.78 is 0. The minimum atomic E-state index is -0.0710. The van der Waals surface area contributed by atoms with Gasteiger partial charge in [0.15, 0.2) is 0 Å². The van der Waals surface area contributed by atoms with E-state index in [0.29, 0.717) is 12.3 Å². The van der Waals surface area contributed by atoms with E-state index in [-0.39, 0.29) is 17.7 Å². The second-order valence-corrected chi connectivity index (χ2v) is 4.48. The van der Waals surface area contributed by atoms with Crippen LogP contribution in [-0.2, 0) is 4.79 Å². The van der Waals surface area contributed by atoms with Crippen LogP contribution in [0.5, 0.6) is 5.75 Å². The van der Waals surface area contributed by atoms with Gasteiger partial charge in [-0.2, -0.15) is 0 Å². The van der Waals surface area contributed by atoms with Gasteiger partial charge < -0.3 is 10.4 Å². The zero-order valence-corrected chi connectivity index (χ0v) is 10.0. The molecule has 88 valence electrons. The zero-order chi connectivity index (χ0) is 12.1. The van der Waals surface area contributed by atoms with E-state index in [1.807, 2.05) is 26.8 Å². The van der Waals surface area contributed by atoms with Gasteiger partial charge in [0, 0.05) is 6.42 Å². The molecule has 3 heteroatoms. The second-order valence-electron chi connectivity index (χ2n) is 4.48. The van der Waals surface area contributed by atoms with Crippen LogP contribution in [-0.4, -0.2) is 11.0 Å². The summed E-state index contributed by atoms with van der Waals surface area (Å²) in [6, 6.07) is 6.88. The lowest BCUT2D eigenvalue weighted by atomic mass is 10.1. The quantitative estimate of drug-likeness (QED) is 0.821. The third-order valence-corrected chi connectivity index (χ3v) is 2.34. The Hall–Kier alpha value is -1.51. The number of carbonyl (C=O) groups is 1. The van der Waals surface area contributed by atoms with E-state index in [1.54, 1.807) is 18.2 Å². The van der Waals surface area contributed by atoms with Crippen LogP contribution in [0.3, 0.4) is 0 Å². The van der Waals surface area contributed by atoms with Crippen LogP contribution >= 0.6 is 0 Å². The van der Waals surface area contributed by atoms with Gasteiger partial charge in [-0.05, 0) is 30.5 Å². The molecule has 1 unspecified atom stereocenters. The van der Waals surface area contributed by atoms with Crippen molar-refractivity contribution in [2.75, 3.05) is 0 Å². The van der Waals surface area contributed by atoms with E-state index in [9.17, 15) is 9.90 Å². The van der Waals surface area contributed by atoms with E-state index < -0.39 is 0 Å². The molecule has 0 saturated carbocycles. The Kier molecular flexibility index (Phi) is 4.35. The second kappa shape index (κ2) is 5.54. The average Bonchev–Trinajstić information content (AvgIpc) is 2.16. The van der Waals surface area contributed by atoms with Gasteiger partial charge in [0.2, 0.25) is 5.91 Å². The van der Waals surface area contributed by atoms with Gasteiger partial charge in [-0.25, -0.2) is 0 Å². The Morgan fingerprint density at radius 2 is 2.06 bits per heavy atom. The van der Waals surface area contributed by atoms with Crippen LogP contribution in [0.1, 0.15) is 38.8 Å². The molecule has 16 heavy (non-hydrogen) atoms. The lowest BCUT2D eigenvalue weighted by Crippen LogP contribution is -2.27. The minimum Gasteiger partial charge on any atom is -0.508 e. The van der Waals surface area contributed by atoms with E-state index >= 15 is 0 Å². The Balaban J connectivity index is 2.58.